The summed E-state index contributed by atoms with van der Waals surface area (Å²) in [6.07, 6.45) is -6.39. The van der Waals surface area contributed by atoms with E-state index in [0.29, 0.717) is 0 Å². The van der Waals surface area contributed by atoms with E-state index in [1.54, 1.807) is 0 Å². The molecule has 0 aliphatic heterocycles. The van der Waals surface area contributed by atoms with Crippen LogP contribution < -0.4 is 0 Å². The highest BCUT2D eigenvalue weighted by Crippen LogP contribution is 2.03. The molecular formula is C6H14O6. The smallest absolute Gasteiger partial charge is 0.111 e. The Bertz CT molecular complexity index is 105. The van der Waals surface area contributed by atoms with E-state index in [-0.39, 0.29) is 0 Å². The molecule has 6 heteroatoms. The minimum atomic E-state index is -1.67. The first-order valence-corrected chi connectivity index (χ1v) is 3.48. The lowest BCUT2D eigenvalue weighted by atomic mass is 10.1. The average molecular weight is 183 g/mol. The molecule has 0 bridgehead atoms. The first-order chi connectivity index (χ1) is 5.54. The molecule has 0 aromatic rings. The van der Waals surface area contributed by atoms with Crippen molar-refractivity contribution in [2.24, 2.45) is 0 Å². The Morgan fingerprint density at radius 3 is 1.08 bits per heavy atom. The van der Waals surface area contributed by atoms with Gasteiger partial charge >= 0.3 is 0 Å². The highest BCUT2D eigenvalue weighted by molar-refractivity contribution is 4.79. The molecule has 0 saturated heterocycles. The highest BCUT2D eigenvalue weighted by atomic mass is 16.4. The predicted octanol–water partition coefficient (Wildman–Crippen LogP) is -3.59. The van der Waals surface area contributed by atoms with Crippen LogP contribution in [0.25, 0.3) is 0 Å². The second-order valence-electron chi connectivity index (χ2n) is 2.48. The van der Waals surface area contributed by atoms with Crippen LogP contribution in [0.2, 0.25) is 0 Å². The van der Waals surface area contributed by atoms with E-state index >= 15 is 0 Å². The van der Waals surface area contributed by atoms with Gasteiger partial charge in [-0.3, -0.25) is 0 Å². The Morgan fingerprint density at radius 2 is 0.917 bits per heavy atom. The van der Waals surface area contributed by atoms with E-state index in [4.69, 9.17) is 30.6 Å². The molecule has 0 saturated carbocycles. The summed E-state index contributed by atoms with van der Waals surface area (Å²) < 4.78 is 0. The fourth-order valence-electron chi connectivity index (χ4n) is 0.671. The second kappa shape index (κ2) is 5.41. The normalized spacial score (nSPS) is 21.5. The molecule has 0 radical (unpaired) electrons. The van der Waals surface area contributed by atoms with Gasteiger partial charge in [0.2, 0.25) is 0 Å². The summed E-state index contributed by atoms with van der Waals surface area (Å²) in [4.78, 5) is 0. The summed E-state index contributed by atoms with van der Waals surface area (Å²) in [6, 6.07) is 0. The summed E-state index contributed by atoms with van der Waals surface area (Å²) in [5.41, 5.74) is 0. The van der Waals surface area contributed by atoms with Crippen LogP contribution >= 0.6 is 0 Å². The summed E-state index contributed by atoms with van der Waals surface area (Å²) in [6.45, 7) is -1.45. The minimum Gasteiger partial charge on any atom is -0.394 e. The molecule has 0 unspecified atom stereocenters. The monoisotopic (exact) mass is 183 g/mol. The van der Waals surface area contributed by atoms with Gasteiger partial charge in [-0.25, -0.2) is 0 Å². The molecular weight excluding hydrogens is 169 g/mol. The maximum Gasteiger partial charge on any atom is 0.111 e. The van der Waals surface area contributed by atoms with Gasteiger partial charge < -0.3 is 30.6 Å². The molecule has 0 rings (SSSR count). The third-order valence-corrected chi connectivity index (χ3v) is 1.51. The maximum absolute atomic E-state index is 8.96. The lowest BCUT2D eigenvalue weighted by Crippen LogP contribution is -2.46. The first-order valence-electron chi connectivity index (χ1n) is 3.48. The van der Waals surface area contributed by atoms with E-state index in [1.807, 2.05) is 0 Å². The van der Waals surface area contributed by atoms with Crippen molar-refractivity contribution in [3.05, 3.63) is 0 Å². The number of aliphatic hydroxyl groups excluding tert-OH is 6. The molecule has 0 heterocycles. The van der Waals surface area contributed by atoms with Crippen LogP contribution in [0.4, 0.5) is 0 Å². The molecule has 4 atom stereocenters. The first kappa shape index (κ1) is 11.8. The molecule has 0 aromatic heterocycles. The Morgan fingerprint density at radius 1 is 0.667 bits per heavy atom. The molecule has 0 amide bonds. The van der Waals surface area contributed by atoms with Gasteiger partial charge in [-0.05, 0) is 0 Å². The molecule has 0 aromatic carbocycles. The standard InChI is InChI=1S/C6H14O6/c7-1-3(9)5(11)6(12)4(10)2-8/h3-12H,1-2H2/t3-,4+,5+,6-/i3+1/m0/s1. The maximum atomic E-state index is 8.96. The third-order valence-electron chi connectivity index (χ3n) is 1.51. The zero-order valence-corrected chi connectivity index (χ0v) is 6.41. The molecule has 0 aliphatic carbocycles. The SMILES string of the molecule is OC[C@@H](O)[C@H](O)[C@H](O)[13C@@H](O)CO. The predicted molar refractivity (Wildman–Crippen MR) is 38.2 cm³/mol. The lowest BCUT2D eigenvalue weighted by molar-refractivity contribution is -0.123. The number of hydrogen-bond acceptors (Lipinski definition) is 6. The number of aliphatic hydroxyl groups is 6. The van der Waals surface area contributed by atoms with E-state index in [9.17, 15) is 0 Å². The fourth-order valence-corrected chi connectivity index (χ4v) is 0.671. The summed E-state index contributed by atoms with van der Waals surface area (Å²) in [5, 5.41) is 52.2. The van der Waals surface area contributed by atoms with Crippen molar-refractivity contribution in [2.75, 3.05) is 13.2 Å². The van der Waals surface area contributed by atoms with Crippen molar-refractivity contribution < 1.29 is 30.6 Å². The highest BCUT2D eigenvalue weighted by Gasteiger charge is 2.29. The van der Waals surface area contributed by atoms with Crippen molar-refractivity contribution in [1.29, 1.82) is 0 Å². The van der Waals surface area contributed by atoms with Crippen LogP contribution in [-0.4, -0.2) is 68.3 Å². The zero-order valence-electron chi connectivity index (χ0n) is 6.41. The number of hydrogen-bond donors (Lipinski definition) is 6. The Kier molecular flexibility index (Phi) is 5.31. The molecule has 0 spiro atoms. The van der Waals surface area contributed by atoms with Gasteiger partial charge in [-0.1, -0.05) is 0 Å². The van der Waals surface area contributed by atoms with Gasteiger partial charge in [0.25, 0.3) is 0 Å². The Labute approximate surface area is 69.3 Å². The fraction of sp³-hybridized carbons (Fsp3) is 1.00. The number of rotatable bonds is 5. The van der Waals surface area contributed by atoms with E-state index in [0.717, 1.165) is 0 Å². The van der Waals surface area contributed by atoms with Crippen molar-refractivity contribution in [3.63, 3.8) is 0 Å². The molecule has 0 fully saturated rings. The molecule has 12 heavy (non-hydrogen) atoms. The third kappa shape index (κ3) is 3.02. The van der Waals surface area contributed by atoms with Crippen LogP contribution in [-0.2, 0) is 0 Å². The van der Waals surface area contributed by atoms with E-state index < -0.39 is 37.6 Å². The van der Waals surface area contributed by atoms with Gasteiger partial charge in [-0.2, -0.15) is 0 Å². The van der Waals surface area contributed by atoms with Crippen molar-refractivity contribution in [2.45, 2.75) is 24.4 Å². The largest absolute Gasteiger partial charge is 0.394 e. The van der Waals surface area contributed by atoms with Crippen LogP contribution in [0.15, 0.2) is 0 Å². The van der Waals surface area contributed by atoms with Gasteiger partial charge in [0, 0.05) is 0 Å². The summed E-state index contributed by atoms with van der Waals surface area (Å²) >= 11 is 0. The lowest BCUT2D eigenvalue weighted by Gasteiger charge is -2.24. The van der Waals surface area contributed by atoms with Crippen molar-refractivity contribution in [3.8, 4) is 0 Å². The Balaban J connectivity index is 3.99. The summed E-state index contributed by atoms with van der Waals surface area (Å²) in [7, 11) is 0. The zero-order chi connectivity index (χ0) is 9.72. The molecule has 6 nitrogen and oxygen atoms in total. The van der Waals surface area contributed by atoms with Crippen LogP contribution in [0.1, 0.15) is 0 Å². The Hall–Kier alpha value is -0.240. The van der Waals surface area contributed by atoms with E-state index in [1.165, 1.54) is 0 Å². The van der Waals surface area contributed by atoms with Crippen molar-refractivity contribution in [1.82, 2.24) is 0 Å². The van der Waals surface area contributed by atoms with Gasteiger partial charge in [0.05, 0.1) is 13.2 Å². The second-order valence-corrected chi connectivity index (χ2v) is 2.48. The molecule has 0 aliphatic rings. The van der Waals surface area contributed by atoms with Gasteiger partial charge in [0.15, 0.2) is 0 Å². The topological polar surface area (TPSA) is 121 Å². The van der Waals surface area contributed by atoms with Crippen LogP contribution in [0, 0.1) is 0 Å². The minimum absolute atomic E-state index is 0.726. The van der Waals surface area contributed by atoms with Gasteiger partial charge in [-0.15, -0.1) is 0 Å². The van der Waals surface area contributed by atoms with Crippen LogP contribution in [0.5, 0.6) is 0 Å². The quantitative estimate of drug-likeness (QED) is 0.245. The average Bonchev–Trinajstić information content (AvgIpc) is 2.12. The summed E-state index contributed by atoms with van der Waals surface area (Å²) in [5.74, 6) is 0. The van der Waals surface area contributed by atoms with Gasteiger partial charge in [0.1, 0.15) is 24.4 Å². The van der Waals surface area contributed by atoms with Crippen LogP contribution in [0.3, 0.4) is 0 Å². The molecule has 74 valence electrons. The van der Waals surface area contributed by atoms with Crippen molar-refractivity contribution >= 4 is 0 Å². The van der Waals surface area contributed by atoms with E-state index in [2.05, 4.69) is 0 Å². The molecule has 6 N–H and O–H groups in total.